The van der Waals surface area contributed by atoms with Gasteiger partial charge in [0, 0.05) is 6.42 Å². The lowest BCUT2D eigenvalue weighted by Crippen LogP contribution is -2.04. The van der Waals surface area contributed by atoms with Gasteiger partial charge in [-0.3, -0.25) is 4.79 Å². The molecule has 0 bridgehead atoms. The Morgan fingerprint density at radius 3 is 2.44 bits per heavy atom. The first kappa shape index (κ1) is 18.9. The van der Waals surface area contributed by atoms with Gasteiger partial charge in [-0.25, -0.2) is 8.78 Å². The summed E-state index contributed by atoms with van der Waals surface area (Å²) >= 11 is 0. The average Bonchev–Trinajstić information content (AvgIpc) is 2.58. The van der Waals surface area contributed by atoms with Crippen molar-refractivity contribution in [2.75, 3.05) is 6.61 Å². The van der Waals surface area contributed by atoms with E-state index in [1.807, 2.05) is 24.3 Å². The zero-order chi connectivity index (χ0) is 18.2. The molecule has 2 aromatic carbocycles. The highest BCUT2D eigenvalue weighted by Crippen LogP contribution is 2.29. The molecule has 0 fully saturated rings. The lowest BCUT2D eigenvalue weighted by molar-refractivity contribution is -0.137. The summed E-state index contributed by atoms with van der Waals surface area (Å²) in [4.78, 5) is 10.4. The van der Waals surface area contributed by atoms with Crippen molar-refractivity contribution < 1.29 is 23.4 Å². The minimum Gasteiger partial charge on any atom is -0.488 e. The van der Waals surface area contributed by atoms with E-state index in [-0.39, 0.29) is 19.4 Å². The number of ether oxygens (including phenoxy) is 1. The van der Waals surface area contributed by atoms with Gasteiger partial charge in [0.15, 0.2) is 17.4 Å². The van der Waals surface area contributed by atoms with Crippen molar-refractivity contribution in [3.63, 3.8) is 0 Å². The molecule has 5 heteroatoms. The second kappa shape index (κ2) is 9.16. The first-order valence-electron chi connectivity index (χ1n) is 8.44. The Kier molecular flexibility index (Phi) is 6.92. The van der Waals surface area contributed by atoms with Crippen LogP contribution in [0.4, 0.5) is 8.78 Å². The molecule has 0 spiro atoms. The summed E-state index contributed by atoms with van der Waals surface area (Å²) in [5, 5.41) is 8.55. The maximum absolute atomic E-state index is 14.2. The van der Waals surface area contributed by atoms with Gasteiger partial charge in [-0.1, -0.05) is 37.6 Å². The van der Waals surface area contributed by atoms with Crippen LogP contribution in [0.1, 0.15) is 38.2 Å². The summed E-state index contributed by atoms with van der Waals surface area (Å²) < 4.78 is 33.5. The molecule has 2 rings (SSSR count). The quantitative estimate of drug-likeness (QED) is 0.632. The summed E-state index contributed by atoms with van der Waals surface area (Å²) in [6, 6.07) is 10.1. The van der Waals surface area contributed by atoms with Crippen LogP contribution in [0.15, 0.2) is 36.4 Å². The van der Waals surface area contributed by atoms with Crippen molar-refractivity contribution in [3.05, 3.63) is 53.6 Å². The van der Waals surface area contributed by atoms with Gasteiger partial charge >= 0.3 is 5.97 Å². The fourth-order valence-electron chi connectivity index (χ4n) is 2.55. The molecule has 134 valence electrons. The molecule has 0 amide bonds. The van der Waals surface area contributed by atoms with Crippen LogP contribution in [0.3, 0.4) is 0 Å². The molecule has 0 atom stereocenters. The minimum atomic E-state index is -0.970. The predicted molar refractivity (Wildman–Crippen MR) is 92.8 cm³/mol. The first-order chi connectivity index (χ1) is 12.0. The number of carboxylic acids is 1. The summed E-state index contributed by atoms with van der Waals surface area (Å²) in [7, 11) is 0. The number of aliphatic carboxylic acids is 1. The average molecular weight is 348 g/mol. The highest BCUT2D eigenvalue weighted by molar-refractivity contribution is 5.66. The number of unbranched alkanes of at least 4 members (excludes halogenated alkanes) is 1. The van der Waals surface area contributed by atoms with E-state index in [4.69, 9.17) is 9.84 Å². The van der Waals surface area contributed by atoms with Gasteiger partial charge in [-0.2, -0.15) is 0 Å². The van der Waals surface area contributed by atoms with Crippen LogP contribution in [0, 0.1) is 11.6 Å². The number of aryl methyl sites for hydroxylation is 1. The number of rotatable bonds is 9. The monoisotopic (exact) mass is 348 g/mol. The van der Waals surface area contributed by atoms with E-state index in [1.165, 1.54) is 12.1 Å². The van der Waals surface area contributed by atoms with Gasteiger partial charge in [0.2, 0.25) is 0 Å². The normalized spacial score (nSPS) is 10.7. The molecule has 1 N–H and O–H groups in total. The van der Waals surface area contributed by atoms with Gasteiger partial charge in [0.25, 0.3) is 0 Å². The summed E-state index contributed by atoms with van der Waals surface area (Å²) in [5.74, 6) is -3.01. The summed E-state index contributed by atoms with van der Waals surface area (Å²) in [6.07, 6.45) is 3.16. The number of benzene rings is 2. The van der Waals surface area contributed by atoms with Crippen LogP contribution in [-0.2, 0) is 11.2 Å². The standard InChI is InChI=1S/C20H22F2O3/c1-2-3-6-14-7-4-8-15(11-14)16-12-17(21)20(18(22)13-16)25-10-5-9-19(23)24/h4,7-8,11-13H,2-3,5-6,9-10H2,1H3,(H,23,24). The van der Waals surface area contributed by atoms with Crippen LogP contribution < -0.4 is 4.74 Å². The third-order valence-electron chi connectivity index (χ3n) is 3.86. The highest BCUT2D eigenvalue weighted by Gasteiger charge is 2.14. The highest BCUT2D eigenvalue weighted by atomic mass is 19.1. The van der Waals surface area contributed by atoms with Gasteiger partial charge in [0.1, 0.15) is 0 Å². The zero-order valence-electron chi connectivity index (χ0n) is 14.2. The van der Waals surface area contributed by atoms with E-state index >= 15 is 0 Å². The van der Waals surface area contributed by atoms with Crippen LogP contribution in [0.5, 0.6) is 5.75 Å². The fourth-order valence-corrected chi connectivity index (χ4v) is 2.55. The Hall–Kier alpha value is -2.43. The van der Waals surface area contributed by atoms with Gasteiger partial charge in [0.05, 0.1) is 6.61 Å². The lowest BCUT2D eigenvalue weighted by Gasteiger charge is -2.11. The van der Waals surface area contributed by atoms with Crippen LogP contribution >= 0.6 is 0 Å². The molecule has 0 unspecified atom stereocenters. The number of hydrogen-bond acceptors (Lipinski definition) is 2. The smallest absolute Gasteiger partial charge is 0.303 e. The van der Waals surface area contributed by atoms with Crippen molar-refractivity contribution in [2.45, 2.75) is 39.0 Å². The maximum Gasteiger partial charge on any atom is 0.303 e. The Labute approximate surface area is 146 Å². The molecule has 0 aromatic heterocycles. The van der Waals surface area contributed by atoms with E-state index in [9.17, 15) is 13.6 Å². The molecule has 0 heterocycles. The second-order valence-corrected chi connectivity index (χ2v) is 5.92. The van der Waals surface area contributed by atoms with E-state index in [0.29, 0.717) is 5.56 Å². The Balaban J connectivity index is 2.14. The van der Waals surface area contributed by atoms with Crippen molar-refractivity contribution in [3.8, 4) is 16.9 Å². The maximum atomic E-state index is 14.2. The molecular weight excluding hydrogens is 326 g/mol. The third kappa shape index (κ3) is 5.55. The Morgan fingerprint density at radius 2 is 1.80 bits per heavy atom. The van der Waals surface area contributed by atoms with Crippen LogP contribution in [-0.4, -0.2) is 17.7 Å². The second-order valence-electron chi connectivity index (χ2n) is 5.92. The molecule has 0 aliphatic heterocycles. The summed E-state index contributed by atoms with van der Waals surface area (Å²) in [6.45, 7) is 2.07. The number of hydrogen-bond donors (Lipinski definition) is 1. The number of carboxylic acid groups (broad SMARTS) is 1. The predicted octanol–water partition coefficient (Wildman–Crippen LogP) is 5.22. The van der Waals surface area contributed by atoms with Gasteiger partial charge in [-0.05, 0) is 48.1 Å². The molecular formula is C20H22F2O3. The molecule has 0 saturated heterocycles. The molecule has 25 heavy (non-hydrogen) atoms. The van der Waals surface area contributed by atoms with Crippen LogP contribution in [0.2, 0.25) is 0 Å². The fraction of sp³-hybridized carbons (Fsp3) is 0.350. The first-order valence-corrected chi connectivity index (χ1v) is 8.44. The van der Waals surface area contributed by atoms with Crippen molar-refractivity contribution in [2.24, 2.45) is 0 Å². The Morgan fingerprint density at radius 1 is 1.08 bits per heavy atom. The van der Waals surface area contributed by atoms with Crippen molar-refractivity contribution >= 4 is 5.97 Å². The van der Waals surface area contributed by atoms with Crippen molar-refractivity contribution in [1.82, 2.24) is 0 Å². The number of carbonyl (C=O) groups is 1. The number of halogens is 2. The minimum absolute atomic E-state index is 0.0496. The zero-order valence-corrected chi connectivity index (χ0v) is 14.2. The molecule has 0 saturated carbocycles. The molecule has 0 aliphatic carbocycles. The lowest BCUT2D eigenvalue weighted by atomic mass is 10.00. The van der Waals surface area contributed by atoms with E-state index < -0.39 is 23.4 Å². The largest absolute Gasteiger partial charge is 0.488 e. The van der Waals surface area contributed by atoms with E-state index in [0.717, 1.165) is 30.4 Å². The third-order valence-corrected chi connectivity index (χ3v) is 3.86. The van der Waals surface area contributed by atoms with Gasteiger partial charge in [-0.15, -0.1) is 0 Å². The Bertz CT molecular complexity index is 706. The summed E-state index contributed by atoms with van der Waals surface area (Å²) in [5.41, 5.74) is 2.34. The topological polar surface area (TPSA) is 46.5 Å². The molecule has 3 nitrogen and oxygen atoms in total. The molecule has 0 radical (unpaired) electrons. The SMILES string of the molecule is CCCCc1cccc(-c2cc(F)c(OCCCC(=O)O)c(F)c2)c1. The van der Waals surface area contributed by atoms with Crippen LogP contribution in [0.25, 0.3) is 11.1 Å². The molecule has 0 aliphatic rings. The molecule has 2 aromatic rings. The van der Waals surface area contributed by atoms with Crippen molar-refractivity contribution in [1.29, 1.82) is 0 Å². The van der Waals surface area contributed by atoms with Gasteiger partial charge < -0.3 is 9.84 Å². The van der Waals surface area contributed by atoms with E-state index in [2.05, 4.69) is 6.92 Å². The van der Waals surface area contributed by atoms with E-state index in [1.54, 1.807) is 0 Å².